The van der Waals surface area contributed by atoms with Crippen molar-refractivity contribution >= 4 is 10.2 Å². The summed E-state index contributed by atoms with van der Waals surface area (Å²) in [5.41, 5.74) is 0. The summed E-state index contributed by atoms with van der Waals surface area (Å²) >= 11 is 0. The van der Waals surface area contributed by atoms with Gasteiger partial charge in [0.1, 0.15) is 0 Å². The smallest absolute Gasteiger partial charge is 0.282 e. The molecule has 18 heavy (non-hydrogen) atoms. The van der Waals surface area contributed by atoms with Crippen molar-refractivity contribution in [1.82, 2.24) is 13.9 Å². The second-order valence-corrected chi connectivity index (χ2v) is 6.76. The van der Waals surface area contributed by atoms with Gasteiger partial charge in [-0.3, -0.25) is 0 Å². The maximum Gasteiger partial charge on any atom is 0.282 e. The number of likely N-dealkylation sites (N-methyl/N-ethyl adjacent to an activating group) is 1. The van der Waals surface area contributed by atoms with Crippen LogP contribution in [0.5, 0.6) is 0 Å². The molecule has 2 rings (SSSR count). The molecule has 2 fully saturated rings. The minimum atomic E-state index is -3.18. The average molecular weight is 277 g/mol. The average Bonchev–Trinajstić information content (AvgIpc) is 2.93. The van der Waals surface area contributed by atoms with E-state index in [2.05, 4.69) is 5.32 Å². The minimum Gasteiger partial charge on any atom is -0.381 e. The van der Waals surface area contributed by atoms with Gasteiger partial charge in [-0.2, -0.15) is 17.0 Å². The van der Waals surface area contributed by atoms with E-state index in [1.165, 1.54) is 4.31 Å². The quantitative estimate of drug-likeness (QED) is 0.665. The van der Waals surface area contributed by atoms with E-state index < -0.39 is 10.2 Å². The lowest BCUT2D eigenvalue weighted by atomic mass is 10.1. The van der Waals surface area contributed by atoms with E-state index in [1.54, 1.807) is 4.31 Å². The van der Waals surface area contributed by atoms with Crippen LogP contribution < -0.4 is 5.32 Å². The lowest BCUT2D eigenvalue weighted by molar-refractivity contribution is 0.185. The highest BCUT2D eigenvalue weighted by Gasteiger charge is 2.34. The van der Waals surface area contributed by atoms with Crippen LogP contribution >= 0.6 is 0 Å². The van der Waals surface area contributed by atoms with Crippen LogP contribution in [0.2, 0.25) is 0 Å². The first-order chi connectivity index (χ1) is 8.64. The standard InChI is InChI=1S/C11H23N3O3S/c1-2-13-6-7-14(18(13,15)16)5-4-12-9-11-3-8-17-10-11/h11-12H,2-10H2,1H3. The summed E-state index contributed by atoms with van der Waals surface area (Å²) in [6.45, 7) is 7.56. The van der Waals surface area contributed by atoms with Gasteiger partial charge < -0.3 is 10.1 Å². The molecule has 0 radical (unpaired) electrons. The minimum absolute atomic E-state index is 0.561. The monoisotopic (exact) mass is 277 g/mol. The zero-order valence-electron chi connectivity index (χ0n) is 11.0. The molecule has 0 saturated carbocycles. The molecule has 0 bridgehead atoms. The molecule has 0 aliphatic carbocycles. The first-order valence-electron chi connectivity index (χ1n) is 6.68. The van der Waals surface area contributed by atoms with Gasteiger partial charge in [0.15, 0.2) is 0 Å². The van der Waals surface area contributed by atoms with Crippen molar-refractivity contribution in [2.45, 2.75) is 13.3 Å². The molecule has 1 atom stereocenters. The van der Waals surface area contributed by atoms with Crippen molar-refractivity contribution in [2.75, 3.05) is 52.5 Å². The maximum absolute atomic E-state index is 12.0. The molecule has 2 saturated heterocycles. The molecule has 0 aromatic rings. The van der Waals surface area contributed by atoms with E-state index in [9.17, 15) is 8.42 Å². The summed E-state index contributed by atoms with van der Waals surface area (Å²) in [4.78, 5) is 0. The molecule has 0 aromatic heterocycles. The molecule has 1 N–H and O–H groups in total. The summed E-state index contributed by atoms with van der Waals surface area (Å²) in [6, 6.07) is 0. The molecule has 106 valence electrons. The molecule has 0 spiro atoms. The highest BCUT2D eigenvalue weighted by Crippen LogP contribution is 2.15. The van der Waals surface area contributed by atoms with Crippen LogP contribution in [-0.2, 0) is 14.9 Å². The Balaban J connectivity index is 1.67. The Morgan fingerprint density at radius 3 is 2.72 bits per heavy atom. The molecule has 1 unspecified atom stereocenters. The predicted octanol–water partition coefficient (Wildman–Crippen LogP) is -0.505. The van der Waals surface area contributed by atoms with E-state index in [0.717, 1.165) is 26.2 Å². The van der Waals surface area contributed by atoms with Crippen LogP contribution in [0.4, 0.5) is 0 Å². The molecule has 7 heteroatoms. The van der Waals surface area contributed by atoms with Crippen molar-refractivity contribution in [1.29, 1.82) is 0 Å². The third-order valence-corrected chi connectivity index (χ3v) is 5.71. The van der Waals surface area contributed by atoms with Crippen LogP contribution in [0, 0.1) is 5.92 Å². The summed E-state index contributed by atoms with van der Waals surface area (Å²) in [5.74, 6) is 0.590. The highest BCUT2D eigenvalue weighted by molar-refractivity contribution is 7.87. The Kier molecular flexibility index (Phi) is 4.97. The van der Waals surface area contributed by atoms with Crippen LogP contribution in [0.15, 0.2) is 0 Å². The van der Waals surface area contributed by atoms with Gasteiger partial charge in [-0.1, -0.05) is 6.92 Å². The van der Waals surface area contributed by atoms with E-state index in [1.807, 2.05) is 6.92 Å². The third kappa shape index (κ3) is 3.21. The number of rotatable bonds is 6. The van der Waals surface area contributed by atoms with Crippen molar-refractivity contribution in [2.24, 2.45) is 5.92 Å². The molecular weight excluding hydrogens is 254 g/mol. The van der Waals surface area contributed by atoms with Crippen molar-refractivity contribution in [3.63, 3.8) is 0 Å². The van der Waals surface area contributed by atoms with Crippen LogP contribution in [-0.4, -0.2) is 69.5 Å². The largest absolute Gasteiger partial charge is 0.381 e. The Bertz CT molecular complexity index is 355. The first-order valence-corrected chi connectivity index (χ1v) is 8.08. The number of hydrogen-bond acceptors (Lipinski definition) is 4. The van der Waals surface area contributed by atoms with Gasteiger partial charge in [0.2, 0.25) is 0 Å². The predicted molar refractivity (Wildman–Crippen MR) is 69.5 cm³/mol. The number of nitrogens with one attached hydrogen (secondary N) is 1. The van der Waals surface area contributed by atoms with Crippen molar-refractivity contribution in [3.8, 4) is 0 Å². The lowest BCUT2D eigenvalue weighted by Crippen LogP contribution is -2.38. The third-order valence-electron chi connectivity index (χ3n) is 3.60. The molecule has 2 heterocycles. The zero-order valence-corrected chi connectivity index (χ0v) is 11.8. The highest BCUT2D eigenvalue weighted by atomic mass is 32.2. The second kappa shape index (κ2) is 6.29. The molecule has 6 nitrogen and oxygen atoms in total. The second-order valence-electron chi connectivity index (χ2n) is 4.83. The fourth-order valence-corrected chi connectivity index (χ4v) is 4.02. The Morgan fingerprint density at radius 2 is 2.11 bits per heavy atom. The Labute approximate surface area is 109 Å². The molecular formula is C11H23N3O3S. The maximum atomic E-state index is 12.0. The van der Waals surface area contributed by atoms with Crippen molar-refractivity contribution < 1.29 is 13.2 Å². The Morgan fingerprint density at radius 1 is 1.33 bits per heavy atom. The van der Waals surface area contributed by atoms with Crippen molar-refractivity contribution in [3.05, 3.63) is 0 Å². The van der Waals surface area contributed by atoms with Crippen LogP contribution in [0.1, 0.15) is 13.3 Å². The topological polar surface area (TPSA) is 61.9 Å². The SMILES string of the molecule is CCN1CCN(CCNCC2CCOC2)S1(=O)=O. The first kappa shape index (κ1) is 14.2. The van der Waals surface area contributed by atoms with E-state index in [0.29, 0.717) is 38.6 Å². The van der Waals surface area contributed by atoms with Crippen LogP contribution in [0.3, 0.4) is 0 Å². The fraction of sp³-hybridized carbons (Fsp3) is 1.00. The molecule has 0 amide bonds. The number of nitrogens with zero attached hydrogens (tertiary/aromatic N) is 2. The van der Waals surface area contributed by atoms with Gasteiger partial charge in [0.05, 0.1) is 6.61 Å². The van der Waals surface area contributed by atoms with E-state index in [4.69, 9.17) is 4.74 Å². The van der Waals surface area contributed by atoms with Gasteiger partial charge in [-0.15, -0.1) is 0 Å². The van der Waals surface area contributed by atoms with E-state index in [-0.39, 0.29) is 0 Å². The normalized spacial score (nSPS) is 29.1. The number of ether oxygens (including phenoxy) is 1. The van der Waals surface area contributed by atoms with Gasteiger partial charge in [0, 0.05) is 45.9 Å². The summed E-state index contributed by atoms with van der Waals surface area (Å²) in [5, 5.41) is 3.32. The van der Waals surface area contributed by atoms with Gasteiger partial charge in [-0.05, 0) is 12.3 Å². The van der Waals surface area contributed by atoms with Gasteiger partial charge in [0.25, 0.3) is 10.2 Å². The Hall–Kier alpha value is -0.210. The summed E-state index contributed by atoms with van der Waals surface area (Å²) in [6.07, 6.45) is 1.11. The lowest BCUT2D eigenvalue weighted by Gasteiger charge is -2.18. The molecule has 2 aliphatic rings. The molecule has 2 aliphatic heterocycles. The zero-order chi connectivity index (χ0) is 13.0. The van der Waals surface area contributed by atoms with Gasteiger partial charge in [-0.25, -0.2) is 0 Å². The molecule has 0 aromatic carbocycles. The van der Waals surface area contributed by atoms with Gasteiger partial charge >= 0.3 is 0 Å². The fourth-order valence-electron chi connectivity index (χ4n) is 2.42. The van der Waals surface area contributed by atoms with E-state index >= 15 is 0 Å². The summed E-state index contributed by atoms with van der Waals surface area (Å²) < 4.78 is 32.3. The number of hydrogen-bond donors (Lipinski definition) is 1. The summed E-state index contributed by atoms with van der Waals surface area (Å²) in [7, 11) is -3.18. The van der Waals surface area contributed by atoms with Crippen LogP contribution in [0.25, 0.3) is 0 Å².